The molecule has 2 aromatic heterocycles. The van der Waals surface area contributed by atoms with Crippen LogP contribution in [-0.2, 0) is 4.74 Å². The normalized spacial score (nSPS) is 16.8. The summed E-state index contributed by atoms with van der Waals surface area (Å²) in [4.78, 5) is 25.3. The van der Waals surface area contributed by atoms with E-state index in [2.05, 4.69) is 15.1 Å². The fraction of sp³-hybridized carbons (Fsp3) is 0.300. The van der Waals surface area contributed by atoms with E-state index in [0.717, 1.165) is 16.8 Å². The van der Waals surface area contributed by atoms with Crippen LogP contribution in [-0.4, -0.2) is 59.8 Å². The third-order valence-corrected chi connectivity index (χ3v) is 4.77. The first kappa shape index (κ1) is 18.1. The molecule has 144 valence electrons. The molecule has 0 N–H and O–H groups in total. The zero-order valence-corrected chi connectivity index (χ0v) is 15.8. The van der Waals surface area contributed by atoms with Gasteiger partial charge in [-0.25, -0.2) is 0 Å². The number of amides is 1. The lowest BCUT2D eigenvalue weighted by atomic mass is 10.0. The Kier molecular flexibility index (Phi) is 5.03. The number of morpholine rings is 1. The summed E-state index contributed by atoms with van der Waals surface area (Å²) in [6.07, 6.45) is 4.60. The SMILES string of the molecule is CN(C)c1ccc(-c2cncc(C(=O)N3CCOC[C@H]3c3ncon3)c2)cc1. The van der Waals surface area contributed by atoms with Gasteiger partial charge >= 0.3 is 0 Å². The minimum atomic E-state index is -0.372. The number of carbonyl (C=O) groups is 1. The lowest BCUT2D eigenvalue weighted by molar-refractivity contribution is -0.00578. The summed E-state index contributed by atoms with van der Waals surface area (Å²) in [5.41, 5.74) is 3.52. The Morgan fingerprint density at radius 2 is 2.00 bits per heavy atom. The molecule has 1 saturated heterocycles. The molecular weight excluding hydrogens is 358 g/mol. The first-order chi connectivity index (χ1) is 13.6. The van der Waals surface area contributed by atoms with Crippen molar-refractivity contribution in [3.8, 4) is 11.1 Å². The van der Waals surface area contributed by atoms with Crippen LogP contribution in [0.15, 0.2) is 53.6 Å². The number of aromatic nitrogens is 3. The molecule has 0 aliphatic carbocycles. The number of anilines is 1. The van der Waals surface area contributed by atoms with Gasteiger partial charge in [-0.15, -0.1) is 0 Å². The van der Waals surface area contributed by atoms with E-state index in [1.807, 2.05) is 49.3 Å². The lowest BCUT2D eigenvalue weighted by Gasteiger charge is -2.33. The zero-order valence-electron chi connectivity index (χ0n) is 15.8. The second-order valence-corrected chi connectivity index (χ2v) is 6.78. The predicted molar refractivity (Wildman–Crippen MR) is 103 cm³/mol. The molecule has 1 aromatic carbocycles. The number of ether oxygens (including phenoxy) is 1. The Morgan fingerprint density at radius 1 is 1.18 bits per heavy atom. The average Bonchev–Trinajstić information content (AvgIpc) is 3.28. The Bertz CT molecular complexity index is 941. The van der Waals surface area contributed by atoms with Crippen LogP contribution < -0.4 is 4.90 Å². The quantitative estimate of drug-likeness (QED) is 0.688. The topological polar surface area (TPSA) is 84.6 Å². The van der Waals surface area contributed by atoms with Gasteiger partial charge in [0.05, 0.1) is 18.8 Å². The Balaban J connectivity index is 1.60. The summed E-state index contributed by atoms with van der Waals surface area (Å²) in [7, 11) is 4.00. The number of benzene rings is 1. The van der Waals surface area contributed by atoms with Gasteiger partial charge in [0, 0.05) is 44.3 Å². The molecule has 28 heavy (non-hydrogen) atoms. The number of carbonyl (C=O) groups excluding carboxylic acids is 1. The maximum atomic E-state index is 13.2. The zero-order chi connectivity index (χ0) is 19.5. The maximum absolute atomic E-state index is 13.2. The summed E-state index contributed by atoms with van der Waals surface area (Å²) < 4.78 is 10.3. The monoisotopic (exact) mass is 379 g/mol. The lowest BCUT2D eigenvalue weighted by Crippen LogP contribution is -2.43. The fourth-order valence-electron chi connectivity index (χ4n) is 3.22. The molecule has 0 bridgehead atoms. The number of pyridine rings is 1. The number of hydrogen-bond acceptors (Lipinski definition) is 7. The van der Waals surface area contributed by atoms with Crippen molar-refractivity contribution in [1.82, 2.24) is 20.0 Å². The molecule has 8 nitrogen and oxygen atoms in total. The van der Waals surface area contributed by atoms with Gasteiger partial charge < -0.3 is 19.1 Å². The number of hydrogen-bond donors (Lipinski definition) is 0. The Labute approximate surface area is 162 Å². The third-order valence-electron chi connectivity index (χ3n) is 4.77. The smallest absolute Gasteiger partial charge is 0.256 e. The van der Waals surface area contributed by atoms with Gasteiger partial charge in [0.15, 0.2) is 5.82 Å². The number of rotatable bonds is 4. The summed E-state index contributed by atoms with van der Waals surface area (Å²) in [5.74, 6) is 0.314. The molecule has 8 heteroatoms. The van der Waals surface area contributed by atoms with Crippen molar-refractivity contribution in [1.29, 1.82) is 0 Å². The second-order valence-electron chi connectivity index (χ2n) is 6.78. The molecule has 0 saturated carbocycles. The highest BCUT2D eigenvalue weighted by molar-refractivity contribution is 5.95. The molecule has 1 aliphatic rings. The van der Waals surface area contributed by atoms with E-state index < -0.39 is 0 Å². The molecule has 1 fully saturated rings. The molecule has 1 atom stereocenters. The van der Waals surface area contributed by atoms with Crippen molar-refractivity contribution in [2.24, 2.45) is 0 Å². The van der Waals surface area contributed by atoms with Crippen LogP contribution in [0.3, 0.4) is 0 Å². The molecule has 1 aliphatic heterocycles. The van der Waals surface area contributed by atoms with Crippen molar-refractivity contribution >= 4 is 11.6 Å². The van der Waals surface area contributed by atoms with Crippen LogP contribution in [0, 0.1) is 0 Å². The summed E-state index contributed by atoms with van der Waals surface area (Å²) in [6, 6.07) is 9.62. The molecule has 0 unspecified atom stereocenters. The van der Waals surface area contributed by atoms with E-state index in [4.69, 9.17) is 9.26 Å². The minimum Gasteiger partial charge on any atom is -0.378 e. The summed E-state index contributed by atoms with van der Waals surface area (Å²) >= 11 is 0. The van der Waals surface area contributed by atoms with Gasteiger partial charge in [0.25, 0.3) is 5.91 Å². The van der Waals surface area contributed by atoms with Gasteiger partial charge in [-0.1, -0.05) is 17.3 Å². The van der Waals surface area contributed by atoms with E-state index in [1.54, 1.807) is 17.3 Å². The Hall–Kier alpha value is -3.26. The van der Waals surface area contributed by atoms with Gasteiger partial charge in [-0.05, 0) is 23.8 Å². The summed E-state index contributed by atoms with van der Waals surface area (Å²) in [6.45, 7) is 1.27. The van der Waals surface area contributed by atoms with Gasteiger partial charge in [-0.2, -0.15) is 4.98 Å². The van der Waals surface area contributed by atoms with E-state index >= 15 is 0 Å². The maximum Gasteiger partial charge on any atom is 0.256 e. The van der Waals surface area contributed by atoms with Crippen LogP contribution in [0.25, 0.3) is 11.1 Å². The van der Waals surface area contributed by atoms with E-state index in [0.29, 0.717) is 31.1 Å². The highest BCUT2D eigenvalue weighted by Gasteiger charge is 2.32. The second kappa shape index (κ2) is 7.77. The highest BCUT2D eigenvalue weighted by atomic mass is 16.5. The standard InChI is InChI=1S/C20H21N5O3/c1-24(2)17-5-3-14(4-6-17)15-9-16(11-21-10-15)20(26)25-7-8-27-12-18(25)19-22-13-28-23-19/h3-6,9-11,13,18H,7-8,12H2,1-2H3/t18-/m0/s1. The first-order valence-corrected chi connectivity index (χ1v) is 9.01. The van der Waals surface area contributed by atoms with E-state index in [1.165, 1.54) is 6.39 Å². The van der Waals surface area contributed by atoms with Crippen molar-refractivity contribution in [3.63, 3.8) is 0 Å². The molecule has 3 heterocycles. The minimum absolute atomic E-state index is 0.127. The first-order valence-electron chi connectivity index (χ1n) is 9.01. The van der Waals surface area contributed by atoms with Crippen LogP contribution in [0.2, 0.25) is 0 Å². The van der Waals surface area contributed by atoms with E-state index in [9.17, 15) is 4.79 Å². The molecule has 3 aromatic rings. The van der Waals surface area contributed by atoms with Crippen molar-refractivity contribution in [2.75, 3.05) is 38.8 Å². The van der Waals surface area contributed by atoms with Crippen molar-refractivity contribution < 1.29 is 14.1 Å². The van der Waals surface area contributed by atoms with Crippen LogP contribution >= 0.6 is 0 Å². The van der Waals surface area contributed by atoms with Gasteiger partial charge in [0.2, 0.25) is 6.39 Å². The van der Waals surface area contributed by atoms with Crippen LogP contribution in [0.4, 0.5) is 5.69 Å². The molecule has 4 rings (SSSR count). The molecule has 0 radical (unpaired) electrons. The molecular formula is C20H21N5O3. The van der Waals surface area contributed by atoms with E-state index in [-0.39, 0.29) is 11.9 Å². The largest absolute Gasteiger partial charge is 0.378 e. The van der Waals surface area contributed by atoms with Crippen molar-refractivity contribution in [2.45, 2.75) is 6.04 Å². The summed E-state index contributed by atoms with van der Waals surface area (Å²) in [5, 5.41) is 3.87. The fourth-order valence-corrected chi connectivity index (χ4v) is 3.22. The molecule has 1 amide bonds. The van der Waals surface area contributed by atoms with Gasteiger partial charge in [0.1, 0.15) is 6.04 Å². The number of nitrogens with zero attached hydrogens (tertiary/aromatic N) is 5. The van der Waals surface area contributed by atoms with Gasteiger partial charge in [-0.3, -0.25) is 9.78 Å². The molecule has 0 spiro atoms. The average molecular weight is 379 g/mol. The predicted octanol–water partition coefficient (Wildman–Crippen LogP) is 2.41. The third kappa shape index (κ3) is 3.59. The van der Waals surface area contributed by atoms with Crippen molar-refractivity contribution in [3.05, 3.63) is 60.5 Å². The highest BCUT2D eigenvalue weighted by Crippen LogP contribution is 2.26. The van der Waals surface area contributed by atoms with Crippen LogP contribution in [0.1, 0.15) is 22.2 Å². The van der Waals surface area contributed by atoms with Crippen LogP contribution in [0.5, 0.6) is 0 Å². The Morgan fingerprint density at radius 3 is 2.71 bits per heavy atom.